The maximum absolute atomic E-state index is 12.0. The van der Waals surface area contributed by atoms with Gasteiger partial charge < -0.3 is 19.9 Å². The second-order valence-electron chi connectivity index (χ2n) is 5.85. The second-order valence-corrected chi connectivity index (χ2v) is 5.85. The highest BCUT2D eigenvalue weighted by molar-refractivity contribution is 5.76. The average molecular weight is 330 g/mol. The standard InChI is InChI=1S/C17H22N4O3/c1-23-14-6-4-12(5-7-14)17-20-16(24-21-17)9-8-15(22)19-13-3-2-10-18-11-13/h4-7,13,18H,2-3,8-11H2,1H3,(H,19,22)/t13-/m0/s1. The highest BCUT2D eigenvalue weighted by atomic mass is 16.5. The molecule has 2 aromatic rings. The Balaban J connectivity index is 1.50. The van der Waals surface area contributed by atoms with Crippen molar-refractivity contribution in [2.75, 3.05) is 20.2 Å². The second kappa shape index (κ2) is 7.92. The van der Waals surface area contributed by atoms with Crippen molar-refractivity contribution in [1.82, 2.24) is 20.8 Å². The molecule has 1 fully saturated rings. The average Bonchev–Trinajstić information content (AvgIpc) is 3.10. The fourth-order valence-electron chi connectivity index (χ4n) is 2.71. The minimum atomic E-state index is 0.0212. The molecule has 0 radical (unpaired) electrons. The van der Waals surface area contributed by atoms with Crippen molar-refractivity contribution in [1.29, 1.82) is 0 Å². The molecule has 24 heavy (non-hydrogen) atoms. The van der Waals surface area contributed by atoms with Crippen molar-refractivity contribution in [2.24, 2.45) is 0 Å². The van der Waals surface area contributed by atoms with E-state index in [0.29, 0.717) is 24.6 Å². The predicted octanol–water partition coefficient (Wildman–Crippen LogP) is 1.55. The largest absolute Gasteiger partial charge is 0.497 e. The zero-order chi connectivity index (χ0) is 16.8. The first-order valence-electron chi connectivity index (χ1n) is 8.21. The van der Waals surface area contributed by atoms with E-state index in [1.807, 2.05) is 24.3 Å². The number of nitrogens with zero attached hydrogens (tertiary/aromatic N) is 2. The fourth-order valence-corrected chi connectivity index (χ4v) is 2.71. The van der Waals surface area contributed by atoms with Crippen LogP contribution in [-0.2, 0) is 11.2 Å². The van der Waals surface area contributed by atoms with E-state index in [1.165, 1.54) is 0 Å². The summed E-state index contributed by atoms with van der Waals surface area (Å²) in [6, 6.07) is 7.66. The van der Waals surface area contributed by atoms with E-state index in [1.54, 1.807) is 7.11 Å². The molecule has 0 spiro atoms. The summed E-state index contributed by atoms with van der Waals surface area (Å²) in [7, 11) is 1.62. The number of nitrogens with one attached hydrogen (secondary N) is 2. The number of hydrogen-bond acceptors (Lipinski definition) is 6. The number of hydrogen-bond donors (Lipinski definition) is 2. The third-order valence-corrected chi connectivity index (χ3v) is 4.04. The van der Waals surface area contributed by atoms with Crippen LogP contribution >= 0.6 is 0 Å². The minimum absolute atomic E-state index is 0.0212. The van der Waals surface area contributed by atoms with E-state index in [9.17, 15) is 4.79 Å². The highest BCUT2D eigenvalue weighted by Gasteiger charge is 2.16. The van der Waals surface area contributed by atoms with E-state index < -0.39 is 0 Å². The smallest absolute Gasteiger partial charge is 0.227 e. The molecule has 2 heterocycles. The molecule has 0 saturated carbocycles. The lowest BCUT2D eigenvalue weighted by atomic mass is 10.1. The van der Waals surface area contributed by atoms with Crippen LogP contribution in [0.15, 0.2) is 28.8 Å². The number of aromatic nitrogens is 2. The van der Waals surface area contributed by atoms with Gasteiger partial charge in [0.15, 0.2) is 0 Å². The molecule has 1 aromatic carbocycles. The van der Waals surface area contributed by atoms with Gasteiger partial charge in [0.25, 0.3) is 0 Å². The van der Waals surface area contributed by atoms with Crippen molar-refractivity contribution >= 4 is 5.91 Å². The monoisotopic (exact) mass is 330 g/mol. The number of ether oxygens (including phenoxy) is 1. The lowest BCUT2D eigenvalue weighted by Gasteiger charge is -2.23. The van der Waals surface area contributed by atoms with Crippen LogP contribution in [0, 0.1) is 0 Å². The van der Waals surface area contributed by atoms with Crippen molar-refractivity contribution in [3.63, 3.8) is 0 Å². The number of carbonyl (C=O) groups is 1. The maximum Gasteiger partial charge on any atom is 0.227 e. The van der Waals surface area contributed by atoms with Crippen LogP contribution in [0.4, 0.5) is 0 Å². The van der Waals surface area contributed by atoms with Crippen LogP contribution in [0.1, 0.15) is 25.2 Å². The van der Waals surface area contributed by atoms with Gasteiger partial charge in [0, 0.05) is 31.0 Å². The van der Waals surface area contributed by atoms with Crippen molar-refractivity contribution in [3.8, 4) is 17.1 Å². The molecule has 1 atom stereocenters. The first-order chi connectivity index (χ1) is 11.7. The fraction of sp³-hybridized carbons (Fsp3) is 0.471. The normalized spacial score (nSPS) is 17.5. The first kappa shape index (κ1) is 16.4. The summed E-state index contributed by atoms with van der Waals surface area (Å²) in [6.07, 6.45) is 2.91. The van der Waals surface area contributed by atoms with Crippen LogP contribution in [0.2, 0.25) is 0 Å². The Bertz CT molecular complexity index is 663. The van der Waals surface area contributed by atoms with Crippen LogP contribution < -0.4 is 15.4 Å². The highest BCUT2D eigenvalue weighted by Crippen LogP contribution is 2.20. The maximum atomic E-state index is 12.0. The molecular weight excluding hydrogens is 308 g/mol. The summed E-state index contributed by atoms with van der Waals surface area (Å²) in [5.41, 5.74) is 0.850. The van der Waals surface area contributed by atoms with Crippen molar-refractivity contribution < 1.29 is 14.1 Å². The number of benzene rings is 1. The van der Waals surface area contributed by atoms with Gasteiger partial charge in [-0.15, -0.1) is 0 Å². The number of carbonyl (C=O) groups excluding carboxylic acids is 1. The SMILES string of the molecule is COc1ccc(-c2noc(CCC(=O)N[C@H]3CCCNC3)n2)cc1. The van der Waals surface area contributed by atoms with Crippen LogP contribution in [0.3, 0.4) is 0 Å². The molecule has 0 aliphatic carbocycles. The van der Waals surface area contributed by atoms with Crippen molar-refractivity contribution in [2.45, 2.75) is 31.7 Å². The molecule has 1 saturated heterocycles. The first-order valence-corrected chi connectivity index (χ1v) is 8.21. The third-order valence-electron chi connectivity index (χ3n) is 4.04. The lowest BCUT2D eigenvalue weighted by Crippen LogP contribution is -2.45. The molecular formula is C17H22N4O3. The van der Waals surface area contributed by atoms with Crippen LogP contribution in [-0.4, -0.2) is 42.3 Å². The Morgan fingerprint density at radius 2 is 2.25 bits per heavy atom. The van der Waals surface area contributed by atoms with E-state index in [4.69, 9.17) is 9.26 Å². The topological polar surface area (TPSA) is 89.3 Å². The van der Waals surface area contributed by atoms with Gasteiger partial charge in [-0.3, -0.25) is 4.79 Å². The van der Waals surface area contributed by atoms with Gasteiger partial charge in [-0.2, -0.15) is 4.98 Å². The number of aryl methyl sites for hydroxylation is 1. The summed E-state index contributed by atoms with van der Waals surface area (Å²) in [5, 5.41) is 10.3. The molecule has 7 nitrogen and oxygen atoms in total. The van der Waals surface area contributed by atoms with E-state index in [0.717, 1.165) is 37.2 Å². The Morgan fingerprint density at radius 3 is 2.96 bits per heavy atom. The molecule has 2 N–H and O–H groups in total. The Morgan fingerprint density at radius 1 is 1.42 bits per heavy atom. The Labute approximate surface area is 140 Å². The van der Waals surface area contributed by atoms with Gasteiger partial charge in [-0.05, 0) is 43.7 Å². The van der Waals surface area contributed by atoms with Crippen molar-refractivity contribution in [3.05, 3.63) is 30.2 Å². The zero-order valence-corrected chi connectivity index (χ0v) is 13.7. The van der Waals surface area contributed by atoms with E-state index in [-0.39, 0.29) is 11.9 Å². The molecule has 1 aromatic heterocycles. The lowest BCUT2D eigenvalue weighted by molar-refractivity contribution is -0.121. The molecule has 1 amide bonds. The predicted molar refractivity (Wildman–Crippen MR) is 88.6 cm³/mol. The molecule has 0 bridgehead atoms. The third kappa shape index (κ3) is 4.32. The van der Waals surface area contributed by atoms with Gasteiger partial charge in [-0.1, -0.05) is 5.16 Å². The van der Waals surface area contributed by atoms with Crippen LogP contribution in [0.25, 0.3) is 11.4 Å². The molecule has 1 aliphatic heterocycles. The summed E-state index contributed by atoms with van der Waals surface area (Å²) in [6.45, 7) is 1.87. The van der Waals surface area contributed by atoms with Crippen LogP contribution in [0.5, 0.6) is 5.75 Å². The quantitative estimate of drug-likeness (QED) is 0.835. The number of amides is 1. The summed E-state index contributed by atoms with van der Waals surface area (Å²) in [4.78, 5) is 16.3. The summed E-state index contributed by atoms with van der Waals surface area (Å²) >= 11 is 0. The summed E-state index contributed by atoms with van der Waals surface area (Å²) in [5.74, 6) is 1.78. The molecule has 7 heteroatoms. The Hall–Kier alpha value is -2.41. The molecule has 0 unspecified atom stereocenters. The van der Waals surface area contributed by atoms with Gasteiger partial charge in [0.1, 0.15) is 5.75 Å². The zero-order valence-electron chi connectivity index (χ0n) is 13.7. The number of piperidine rings is 1. The van der Waals surface area contributed by atoms with E-state index >= 15 is 0 Å². The molecule has 128 valence electrons. The molecule has 1 aliphatic rings. The molecule has 3 rings (SSSR count). The van der Waals surface area contributed by atoms with Gasteiger partial charge in [0.2, 0.25) is 17.6 Å². The van der Waals surface area contributed by atoms with Gasteiger partial charge in [-0.25, -0.2) is 0 Å². The van der Waals surface area contributed by atoms with Gasteiger partial charge >= 0.3 is 0 Å². The van der Waals surface area contributed by atoms with E-state index in [2.05, 4.69) is 20.8 Å². The number of methoxy groups -OCH3 is 1. The summed E-state index contributed by atoms with van der Waals surface area (Å²) < 4.78 is 10.4. The Kier molecular flexibility index (Phi) is 5.43. The minimum Gasteiger partial charge on any atom is -0.497 e. The number of rotatable bonds is 6. The van der Waals surface area contributed by atoms with Gasteiger partial charge in [0.05, 0.1) is 7.11 Å².